The second-order valence-electron chi connectivity index (χ2n) is 2.05. The van der Waals surface area contributed by atoms with Crippen LogP contribution in [0.2, 0.25) is 0 Å². The lowest BCUT2D eigenvalue weighted by molar-refractivity contribution is -0.134. The molecule has 0 amide bonds. The van der Waals surface area contributed by atoms with Gasteiger partial charge in [0.05, 0.1) is 0 Å². The summed E-state index contributed by atoms with van der Waals surface area (Å²) in [7, 11) is 0. The lowest BCUT2D eigenvalue weighted by Gasteiger charge is -2.00. The molecule has 0 fully saturated rings. The van der Waals surface area contributed by atoms with Crippen LogP contribution in [0.4, 0.5) is 0 Å². The molecule has 0 heterocycles. The Bertz CT molecular complexity index is 274. The Kier molecular flexibility index (Phi) is 4.87. The molecule has 1 aliphatic carbocycles. The predicted molar refractivity (Wildman–Crippen MR) is 43.2 cm³/mol. The normalized spacial score (nSPS) is 13.8. The number of aliphatic carboxylic acids is 1. The minimum absolute atomic E-state index is 0.123. The molecule has 2 N–H and O–H groups in total. The quantitative estimate of drug-likeness (QED) is 0.449. The number of carbonyl (C=O) groups is 3. The number of hydrogen-bond donors (Lipinski definition) is 2. The van der Waals surface area contributed by atoms with Gasteiger partial charge in [-0.3, -0.25) is 9.59 Å². The molecule has 0 aliphatic heterocycles. The smallest absolute Gasteiger partial charge is 0.339 e. The average molecular weight is 184 g/mol. The average Bonchev–Trinajstić information content (AvgIpc) is 2.06. The molecule has 70 valence electrons. The molecule has 5 nitrogen and oxygen atoms in total. The van der Waals surface area contributed by atoms with Gasteiger partial charge in [-0.15, -0.1) is 0 Å². The van der Waals surface area contributed by atoms with Gasteiger partial charge < -0.3 is 10.2 Å². The van der Waals surface area contributed by atoms with Crippen LogP contribution in [0.5, 0.6) is 0 Å². The van der Waals surface area contributed by atoms with Crippen molar-refractivity contribution in [1.82, 2.24) is 0 Å². The first-order chi connectivity index (χ1) is 6.13. The molecule has 1 aliphatic rings. The van der Waals surface area contributed by atoms with E-state index in [-0.39, 0.29) is 24.2 Å². The number of rotatable bonds is 1. The molecule has 0 spiro atoms. The summed E-state index contributed by atoms with van der Waals surface area (Å²) in [5.74, 6) is -1.47. The van der Waals surface area contributed by atoms with E-state index >= 15 is 0 Å². The summed E-state index contributed by atoms with van der Waals surface area (Å²) in [6, 6.07) is 0. The summed E-state index contributed by atoms with van der Waals surface area (Å²) in [4.78, 5) is 29.3. The number of carboxylic acid groups (broad SMARTS) is 2. The van der Waals surface area contributed by atoms with E-state index in [2.05, 4.69) is 0 Å². The number of carboxylic acids is 1. The van der Waals surface area contributed by atoms with E-state index in [4.69, 9.17) is 15.0 Å². The third-order valence-corrected chi connectivity index (χ3v) is 1.23. The molecule has 0 saturated carbocycles. The van der Waals surface area contributed by atoms with Crippen LogP contribution in [0, 0.1) is 0 Å². The lowest BCUT2D eigenvalue weighted by Crippen LogP contribution is -2.12. The molecular weight excluding hydrogens is 176 g/mol. The molecule has 0 aromatic rings. The Morgan fingerprint density at radius 2 is 2.08 bits per heavy atom. The Morgan fingerprint density at radius 3 is 2.38 bits per heavy atom. The van der Waals surface area contributed by atoms with Crippen molar-refractivity contribution >= 4 is 18.2 Å². The summed E-state index contributed by atoms with van der Waals surface area (Å²) in [5, 5.41) is 15.3. The zero-order valence-electron chi connectivity index (χ0n) is 6.64. The summed E-state index contributed by atoms with van der Waals surface area (Å²) in [6.07, 6.45) is 4.73. The SMILES string of the molecule is O=C(O)C1=CC=CCC1=O.O=CO. The largest absolute Gasteiger partial charge is 0.483 e. The van der Waals surface area contributed by atoms with Crippen LogP contribution >= 0.6 is 0 Å². The highest BCUT2D eigenvalue weighted by Crippen LogP contribution is 2.06. The van der Waals surface area contributed by atoms with E-state index in [0.717, 1.165) is 0 Å². The van der Waals surface area contributed by atoms with E-state index in [1.54, 1.807) is 12.2 Å². The van der Waals surface area contributed by atoms with Gasteiger partial charge in [-0.1, -0.05) is 12.2 Å². The first-order valence-corrected chi connectivity index (χ1v) is 3.34. The van der Waals surface area contributed by atoms with Crippen LogP contribution in [-0.4, -0.2) is 28.4 Å². The fourth-order valence-electron chi connectivity index (χ4n) is 0.733. The second kappa shape index (κ2) is 5.70. The van der Waals surface area contributed by atoms with Gasteiger partial charge in [0.2, 0.25) is 0 Å². The molecule has 0 aromatic heterocycles. The minimum Gasteiger partial charge on any atom is -0.483 e. The molecule has 0 unspecified atom stereocenters. The summed E-state index contributed by atoms with van der Waals surface area (Å²) >= 11 is 0. The molecule has 1 rings (SSSR count). The van der Waals surface area contributed by atoms with Crippen molar-refractivity contribution in [1.29, 1.82) is 0 Å². The Labute approximate surface area is 74.0 Å². The molecule has 13 heavy (non-hydrogen) atoms. The number of ketones is 1. The van der Waals surface area contributed by atoms with E-state index in [1.807, 2.05) is 0 Å². The van der Waals surface area contributed by atoms with Crippen LogP contribution in [-0.2, 0) is 14.4 Å². The highest BCUT2D eigenvalue weighted by molar-refractivity contribution is 6.17. The summed E-state index contributed by atoms with van der Waals surface area (Å²) < 4.78 is 0. The van der Waals surface area contributed by atoms with Gasteiger partial charge >= 0.3 is 5.97 Å². The fourth-order valence-corrected chi connectivity index (χ4v) is 0.733. The minimum atomic E-state index is -1.14. The summed E-state index contributed by atoms with van der Waals surface area (Å²) in [5.41, 5.74) is -0.123. The Hall–Kier alpha value is -1.91. The topological polar surface area (TPSA) is 91.7 Å². The van der Waals surface area contributed by atoms with Crippen molar-refractivity contribution in [3.8, 4) is 0 Å². The monoisotopic (exact) mass is 184 g/mol. The van der Waals surface area contributed by atoms with Crippen molar-refractivity contribution in [2.24, 2.45) is 0 Å². The Morgan fingerprint density at radius 1 is 1.54 bits per heavy atom. The van der Waals surface area contributed by atoms with Crippen molar-refractivity contribution in [3.05, 3.63) is 23.8 Å². The highest BCUT2D eigenvalue weighted by Gasteiger charge is 2.16. The van der Waals surface area contributed by atoms with Gasteiger partial charge in [-0.25, -0.2) is 4.79 Å². The number of hydrogen-bond acceptors (Lipinski definition) is 3. The maximum atomic E-state index is 10.7. The molecule has 0 saturated heterocycles. The van der Waals surface area contributed by atoms with E-state index in [9.17, 15) is 9.59 Å². The molecule has 5 heteroatoms. The standard InChI is InChI=1S/C7H6O3.CH2O2/c8-6-4-2-1-3-5(6)7(9)10;2-1-3/h1-3H,4H2,(H,9,10);1H,(H,2,3). The van der Waals surface area contributed by atoms with Crippen LogP contribution in [0.1, 0.15) is 6.42 Å². The van der Waals surface area contributed by atoms with Gasteiger partial charge in [-0.05, 0) is 6.08 Å². The lowest BCUT2D eigenvalue weighted by atomic mass is 10.0. The van der Waals surface area contributed by atoms with Crippen molar-refractivity contribution in [2.45, 2.75) is 6.42 Å². The van der Waals surface area contributed by atoms with E-state index < -0.39 is 5.97 Å². The third kappa shape index (κ3) is 3.85. The maximum Gasteiger partial charge on any atom is 0.339 e. The predicted octanol–water partition coefficient (Wildman–Crippen LogP) is 0.227. The van der Waals surface area contributed by atoms with Crippen molar-refractivity contribution < 1.29 is 24.6 Å². The molecule has 0 aromatic carbocycles. The summed E-state index contributed by atoms with van der Waals surface area (Å²) in [6.45, 7) is -0.250. The van der Waals surface area contributed by atoms with Crippen LogP contribution in [0.15, 0.2) is 23.8 Å². The molecule has 0 radical (unpaired) electrons. The van der Waals surface area contributed by atoms with Crippen molar-refractivity contribution in [3.63, 3.8) is 0 Å². The zero-order valence-corrected chi connectivity index (χ0v) is 6.64. The third-order valence-electron chi connectivity index (χ3n) is 1.23. The first-order valence-electron chi connectivity index (χ1n) is 3.34. The molecule has 0 atom stereocenters. The first kappa shape index (κ1) is 11.1. The van der Waals surface area contributed by atoms with Gasteiger partial charge in [0, 0.05) is 6.42 Å². The van der Waals surface area contributed by atoms with Crippen LogP contribution in [0.25, 0.3) is 0 Å². The number of carbonyl (C=O) groups excluding carboxylic acids is 1. The maximum absolute atomic E-state index is 10.7. The second-order valence-corrected chi connectivity index (χ2v) is 2.05. The number of Topliss-reactive ketones (excluding diaryl/α,β-unsaturated/α-hetero) is 1. The fraction of sp³-hybridized carbons (Fsp3) is 0.125. The highest BCUT2D eigenvalue weighted by atomic mass is 16.4. The van der Waals surface area contributed by atoms with E-state index in [1.165, 1.54) is 6.08 Å². The van der Waals surface area contributed by atoms with Crippen LogP contribution < -0.4 is 0 Å². The van der Waals surface area contributed by atoms with Crippen LogP contribution in [0.3, 0.4) is 0 Å². The Balaban J connectivity index is 0.000000424. The van der Waals surface area contributed by atoms with Gasteiger partial charge in [0.1, 0.15) is 5.57 Å². The van der Waals surface area contributed by atoms with Gasteiger partial charge in [0.25, 0.3) is 6.47 Å². The van der Waals surface area contributed by atoms with Crippen molar-refractivity contribution in [2.75, 3.05) is 0 Å². The van der Waals surface area contributed by atoms with E-state index in [0.29, 0.717) is 0 Å². The number of allylic oxidation sites excluding steroid dienone is 3. The van der Waals surface area contributed by atoms with Gasteiger partial charge in [0.15, 0.2) is 5.78 Å². The molecular formula is C8H8O5. The zero-order chi connectivity index (χ0) is 10.3. The van der Waals surface area contributed by atoms with Gasteiger partial charge in [-0.2, -0.15) is 0 Å². The molecule has 0 bridgehead atoms.